The van der Waals surface area contributed by atoms with Crippen LogP contribution in [-0.2, 0) is 0 Å². The Balaban J connectivity index is 1.80. The van der Waals surface area contributed by atoms with Gasteiger partial charge in [0, 0.05) is 21.0 Å². The number of hydrogen-bond donors (Lipinski definition) is 2. The molecule has 5 heteroatoms. The fraction of sp³-hybridized carbons (Fsp3) is 0.231. The predicted molar refractivity (Wildman–Crippen MR) is 80.9 cm³/mol. The van der Waals surface area contributed by atoms with Crippen molar-refractivity contribution in [3.8, 4) is 0 Å². The molecule has 3 rings (SSSR count). The zero-order valence-corrected chi connectivity index (χ0v) is 11.9. The van der Waals surface area contributed by atoms with Crippen LogP contribution in [0.2, 0.25) is 0 Å². The smallest absolute Gasteiger partial charge is 0.229 e. The van der Waals surface area contributed by atoms with Crippen LogP contribution in [0.4, 0.5) is 17.5 Å². The lowest BCUT2D eigenvalue weighted by Gasteiger charge is -2.07. The van der Waals surface area contributed by atoms with Crippen LogP contribution in [0.1, 0.15) is 24.3 Å². The highest BCUT2D eigenvalue weighted by Gasteiger charge is 2.26. The number of anilines is 3. The Kier molecular flexibility index (Phi) is 3.07. The number of nitrogens with one attached hydrogen (secondary N) is 1. The topological polar surface area (TPSA) is 63.8 Å². The van der Waals surface area contributed by atoms with Gasteiger partial charge in [0.05, 0.1) is 0 Å². The van der Waals surface area contributed by atoms with Crippen molar-refractivity contribution < 1.29 is 0 Å². The summed E-state index contributed by atoms with van der Waals surface area (Å²) in [5.41, 5.74) is 8.00. The normalized spacial score (nSPS) is 14.5. The number of nitrogen functional groups attached to an aromatic ring is 1. The van der Waals surface area contributed by atoms with Crippen molar-refractivity contribution in [1.82, 2.24) is 9.97 Å². The molecule has 1 aromatic heterocycles. The van der Waals surface area contributed by atoms with E-state index in [1.54, 1.807) is 0 Å². The number of benzene rings is 1. The van der Waals surface area contributed by atoms with E-state index in [9.17, 15) is 0 Å². The largest absolute Gasteiger partial charge is 0.383 e. The van der Waals surface area contributed by atoms with Gasteiger partial charge in [-0.3, -0.25) is 0 Å². The minimum Gasteiger partial charge on any atom is -0.383 e. The molecule has 18 heavy (non-hydrogen) atoms. The molecule has 0 radical (unpaired) electrons. The Hall–Kier alpha value is -1.37. The van der Waals surface area contributed by atoms with E-state index < -0.39 is 0 Å². The molecule has 0 spiro atoms. The number of nitrogens with zero attached hydrogens (tertiary/aromatic N) is 2. The van der Waals surface area contributed by atoms with Gasteiger partial charge < -0.3 is 11.1 Å². The summed E-state index contributed by atoms with van der Waals surface area (Å²) >= 11 is 2.27. The van der Waals surface area contributed by atoms with Crippen molar-refractivity contribution in [2.24, 2.45) is 0 Å². The van der Waals surface area contributed by atoms with Crippen LogP contribution in [0.3, 0.4) is 0 Å². The standard InChI is InChI=1S/C13H13IN4/c14-9-3-5-10(6-4-9)17-13-16-7-11(8-1-2-8)12(15)18-13/h3-8H,1-2H2,(H3,15,16,17,18). The molecule has 0 atom stereocenters. The van der Waals surface area contributed by atoms with E-state index in [1.807, 2.05) is 30.5 Å². The lowest BCUT2D eigenvalue weighted by atomic mass is 10.2. The van der Waals surface area contributed by atoms with E-state index in [1.165, 1.54) is 16.4 Å². The third-order valence-electron chi connectivity index (χ3n) is 2.97. The maximum atomic E-state index is 5.95. The van der Waals surface area contributed by atoms with Crippen LogP contribution in [0.25, 0.3) is 0 Å². The first-order valence-electron chi connectivity index (χ1n) is 5.87. The lowest BCUT2D eigenvalue weighted by molar-refractivity contribution is 1.05. The van der Waals surface area contributed by atoms with E-state index >= 15 is 0 Å². The van der Waals surface area contributed by atoms with E-state index in [-0.39, 0.29) is 0 Å². The van der Waals surface area contributed by atoms with Crippen molar-refractivity contribution in [1.29, 1.82) is 0 Å². The number of aromatic nitrogens is 2. The maximum Gasteiger partial charge on any atom is 0.229 e. The van der Waals surface area contributed by atoms with Crippen LogP contribution in [0, 0.1) is 3.57 Å². The van der Waals surface area contributed by atoms with E-state index in [0.717, 1.165) is 11.3 Å². The summed E-state index contributed by atoms with van der Waals surface area (Å²) in [5, 5.41) is 3.15. The number of rotatable bonds is 3. The maximum absolute atomic E-state index is 5.95. The van der Waals surface area contributed by atoms with Crippen molar-refractivity contribution in [2.45, 2.75) is 18.8 Å². The van der Waals surface area contributed by atoms with Gasteiger partial charge in [-0.15, -0.1) is 0 Å². The Morgan fingerprint density at radius 2 is 1.94 bits per heavy atom. The molecule has 1 saturated carbocycles. The quantitative estimate of drug-likeness (QED) is 0.833. The molecule has 92 valence electrons. The zero-order valence-electron chi connectivity index (χ0n) is 9.73. The van der Waals surface area contributed by atoms with Gasteiger partial charge >= 0.3 is 0 Å². The van der Waals surface area contributed by atoms with Crippen molar-refractivity contribution >= 4 is 40.0 Å². The Labute approximate surface area is 119 Å². The minimum atomic E-state index is 0.554. The summed E-state index contributed by atoms with van der Waals surface area (Å²) in [6, 6.07) is 8.06. The molecule has 0 unspecified atom stereocenters. The van der Waals surface area contributed by atoms with Crippen molar-refractivity contribution in [2.75, 3.05) is 11.1 Å². The van der Waals surface area contributed by atoms with Gasteiger partial charge in [0.15, 0.2) is 0 Å². The molecule has 3 N–H and O–H groups in total. The molecule has 1 aromatic carbocycles. The third kappa shape index (κ3) is 2.55. The second-order valence-electron chi connectivity index (χ2n) is 4.44. The first-order chi connectivity index (χ1) is 8.72. The minimum absolute atomic E-state index is 0.554. The molecule has 1 aliphatic carbocycles. The summed E-state index contributed by atoms with van der Waals surface area (Å²) in [4.78, 5) is 8.62. The number of hydrogen-bond acceptors (Lipinski definition) is 4. The van der Waals surface area contributed by atoms with Crippen molar-refractivity contribution in [3.05, 3.63) is 39.6 Å². The number of nitrogens with two attached hydrogens (primary N) is 1. The van der Waals surface area contributed by atoms with Crippen LogP contribution >= 0.6 is 22.6 Å². The highest BCUT2D eigenvalue weighted by molar-refractivity contribution is 14.1. The molecule has 1 heterocycles. The van der Waals surface area contributed by atoms with Gasteiger partial charge in [-0.05, 0) is 65.6 Å². The second-order valence-corrected chi connectivity index (χ2v) is 5.69. The summed E-state index contributed by atoms with van der Waals surface area (Å²) in [7, 11) is 0. The monoisotopic (exact) mass is 352 g/mol. The Morgan fingerprint density at radius 3 is 2.56 bits per heavy atom. The third-order valence-corrected chi connectivity index (χ3v) is 3.68. The molecule has 0 saturated heterocycles. The number of halogens is 1. The SMILES string of the molecule is Nc1nc(Nc2ccc(I)cc2)ncc1C1CC1. The van der Waals surface area contributed by atoms with Gasteiger partial charge in [-0.25, -0.2) is 4.98 Å². The Morgan fingerprint density at radius 1 is 1.22 bits per heavy atom. The molecular formula is C13H13IN4. The molecule has 4 nitrogen and oxygen atoms in total. The van der Waals surface area contributed by atoms with Crippen LogP contribution < -0.4 is 11.1 Å². The molecule has 0 amide bonds. The summed E-state index contributed by atoms with van der Waals surface area (Å²) in [6.45, 7) is 0. The van der Waals surface area contributed by atoms with Crippen LogP contribution in [0.5, 0.6) is 0 Å². The van der Waals surface area contributed by atoms with E-state index in [4.69, 9.17) is 5.73 Å². The average molecular weight is 352 g/mol. The molecular weight excluding hydrogens is 339 g/mol. The van der Waals surface area contributed by atoms with E-state index in [0.29, 0.717) is 17.7 Å². The van der Waals surface area contributed by atoms with E-state index in [2.05, 4.69) is 37.9 Å². The molecule has 2 aromatic rings. The first-order valence-corrected chi connectivity index (χ1v) is 6.95. The lowest BCUT2D eigenvalue weighted by Crippen LogP contribution is -2.03. The first kappa shape index (κ1) is 11.7. The second kappa shape index (κ2) is 4.72. The van der Waals surface area contributed by atoms with Gasteiger partial charge in [-0.2, -0.15) is 4.98 Å². The summed E-state index contributed by atoms with van der Waals surface area (Å²) < 4.78 is 1.20. The zero-order chi connectivity index (χ0) is 12.5. The van der Waals surface area contributed by atoms with Crippen LogP contribution in [0.15, 0.2) is 30.5 Å². The summed E-state index contributed by atoms with van der Waals surface area (Å²) in [5.74, 6) is 1.73. The fourth-order valence-corrected chi connectivity index (χ4v) is 2.20. The predicted octanol–water partition coefficient (Wildman–Crippen LogP) is 3.28. The fourth-order valence-electron chi connectivity index (χ4n) is 1.84. The molecule has 0 bridgehead atoms. The van der Waals surface area contributed by atoms with Gasteiger partial charge in [0.2, 0.25) is 5.95 Å². The molecule has 0 aliphatic heterocycles. The van der Waals surface area contributed by atoms with Gasteiger partial charge in [-0.1, -0.05) is 0 Å². The highest BCUT2D eigenvalue weighted by Crippen LogP contribution is 2.41. The molecule has 1 fully saturated rings. The van der Waals surface area contributed by atoms with Crippen molar-refractivity contribution in [3.63, 3.8) is 0 Å². The Bertz CT molecular complexity index is 564. The van der Waals surface area contributed by atoms with Gasteiger partial charge in [0.1, 0.15) is 5.82 Å². The van der Waals surface area contributed by atoms with Gasteiger partial charge in [0.25, 0.3) is 0 Å². The van der Waals surface area contributed by atoms with Crippen LogP contribution in [-0.4, -0.2) is 9.97 Å². The molecule has 1 aliphatic rings. The average Bonchev–Trinajstić information content (AvgIpc) is 3.17. The highest BCUT2D eigenvalue weighted by atomic mass is 127. The summed E-state index contributed by atoms with van der Waals surface area (Å²) in [6.07, 6.45) is 4.25.